The maximum absolute atomic E-state index is 12.8. The van der Waals surface area contributed by atoms with Crippen LogP contribution in [0.1, 0.15) is 37.8 Å². The van der Waals surface area contributed by atoms with Crippen LogP contribution in [0.25, 0.3) is 10.1 Å². The van der Waals surface area contributed by atoms with Crippen molar-refractivity contribution < 1.29 is 19.1 Å². The summed E-state index contributed by atoms with van der Waals surface area (Å²) < 4.78 is 11.0. The first-order valence-corrected chi connectivity index (χ1v) is 14.6. The summed E-state index contributed by atoms with van der Waals surface area (Å²) in [7, 11) is 0. The summed E-state index contributed by atoms with van der Waals surface area (Å²) in [6.45, 7) is 8.78. The molecule has 5 rings (SSSR count). The molecule has 0 saturated carbocycles. The van der Waals surface area contributed by atoms with Crippen molar-refractivity contribution in [1.29, 1.82) is 0 Å². The number of aromatic nitrogens is 1. The second-order valence-corrected chi connectivity index (χ2v) is 11.7. The van der Waals surface area contributed by atoms with Gasteiger partial charge in [0, 0.05) is 49.6 Å². The van der Waals surface area contributed by atoms with E-state index >= 15 is 0 Å². The topological polar surface area (TPSA) is 83.0 Å². The fourth-order valence-electron chi connectivity index (χ4n) is 5.06. The van der Waals surface area contributed by atoms with Gasteiger partial charge in [0.15, 0.2) is 0 Å². The summed E-state index contributed by atoms with van der Waals surface area (Å²) in [5.74, 6) is 0.173. The summed E-state index contributed by atoms with van der Waals surface area (Å²) in [6, 6.07) is 12.0. The van der Waals surface area contributed by atoms with Gasteiger partial charge in [-0.1, -0.05) is 43.6 Å². The smallest absolute Gasteiger partial charge is 0.306 e. The number of piperazine rings is 1. The lowest BCUT2D eigenvalue weighted by molar-refractivity contribution is -0.146. The van der Waals surface area contributed by atoms with E-state index in [1.54, 1.807) is 17.6 Å². The lowest BCUT2D eigenvalue weighted by Gasteiger charge is -2.35. The van der Waals surface area contributed by atoms with E-state index in [4.69, 9.17) is 20.7 Å². The average Bonchev–Trinajstić information content (AvgIpc) is 3.49. The van der Waals surface area contributed by atoms with Gasteiger partial charge >= 0.3 is 5.97 Å². The van der Waals surface area contributed by atoms with Crippen LogP contribution >= 0.6 is 23.1 Å². The molecule has 1 fully saturated rings. The van der Waals surface area contributed by atoms with Gasteiger partial charge in [-0.25, -0.2) is 4.90 Å². The zero-order valence-corrected chi connectivity index (χ0v) is 23.9. The highest BCUT2D eigenvalue weighted by Crippen LogP contribution is 2.35. The standard InChI is InChI=1S/C29H33ClN4O4S/c1-19(2)18-38-28(37)8-7-26(35)34-24-17-23(30)20(15-21(24)16-27(34)36)9-10-32-11-13-33(14-12-32)29-22-5-3-4-6-25(22)39-31-29/h3-6,15,17,19H,7-14,16,18H2,1-2H3. The minimum Gasteiger partial charge on any atom is -0.465 e. The van der Waals surface area contributed by atoms with Crippen molar-refractivity contribution in [3.8, 4) is 0 Å². The van der Waals surface area contributed by atoms with E-state index in [-0.39, 0.29) is 31.1 Å². The lowest BCUT2D eigenvalue weighted by Crippen LogP contribution is -2.47. The van der Waals surface area contributed by atoms with Crippen LogP contribution in [0.15, 0.2) is 36.4 Å². The molecule has 0 aliphatic carbocycles. The number of hydrogen-bond donors (Lipinski definition) is 0. The molecule has 0 bridgehead atoms. The van der Waals surface area contributed by atoms with Gasteiger partial charge in [-0.15, -0.1) is 0 Å². The third-order valence-corrected chi connectivity index (χ3v) is 8.35. The molecule has 3 aromatic rings. The van der Waals surface area contributed by atoms with Crippen LogP contribution in [0.5, 0.6) is 0 Å². The molecule has 1 aromatic heterocycles. The summed E-state index contributed by atoms with van der Waals surface area (Å²) in [6.07, 6.45) is 0.783. The molecule has 2 aliphatic heterocycles. The molecule has 8 nitrogen and oxygen atoms in total. The van der Waals surface area contributed by atoms with Crippen molar-refractivity contribution in [2.45, 2.75) is 39.5 Å². The van der Waals surface area contributed by atoms with Crippen molar-refractivity contribution in [1.82, 2.24) is 9.27 Å². The highest BCUT2D eigenvalue weighted by atomic mass is 35.5. The first kappa shape index (κ1) is 27.6. The largest absolute Gasteiger partial charge is 0.465 e. The fourth-order valence-corrected chi connectivity index (χ4v) is 6.11. The number of anilines is 2. The normalized spacial score (nSPS) is 15.8. The number of imide groups is 1. The number of halogens is 1. The Morgan fingerprint density at radius 3 is 2.64 bits per heavy atom. The summed E-state index contributed by atoms with van der Waals surface area (Å²) in [4.78, 5) is 43.4. The van der Waals surface area contributed by atoms with E-state index in [1.807, 2.05) is 26.0 Å². The van der Waals surface area contributed by atoms with E-state index in [0.717, 1.165) is 56.1 Å². The number of benzene rings is 2. The molecular formula is C29H33ClN4O4S. The molecule has 0 N–H and O–H groups in total. The zero-order valence-electron chi connectivity index (χ0n) is 22.3. The zero-order chi connectivity index (χ0) is 27.5. The quantitative estimate of drug-likeness (QED) is 0.346. The second kappa shape index (κ2) is 12.0. The molecule has 206 valence electrons. The Labute approximate surface area is 237 Å². The number of carbonyl (C=O) groups is 3. The number of rotatable bonds is 9. The first-order chi connectivity index (χ1) is 18.8. The van der Waals surface area contributed by atoms with Crippen molar-refractivity contribution in [3.63, 3.8) is 0 Å². The van der Waals surface area contributed by atoms with E-state index in [2.05, 4.69) is 28.0 Å². The van der Waals surface area contributed by atoms with Gasteiger partial charge in [-0.05, 0) is 53.2 Å². The summed E-state index contributed by atoms with van der Waals surface area (Å²) in [5, 5.41) is 1.76. The van der Waals surface area contributed by atoms with Crippen LogP contribution in [-0.2, 0) is 32.0 Å². The molecule has 0 atom stereocenters. The predicted octanol–water partition coefficient (Wildman–Crippen LogP) is 4.71. The molecule has 2 amide bonds. The van der Waals surface area contributed by atoms with E-state index < -0.39 is 11.9 Å². The number of nitrogens with zero attached hydrogens (tertiary/aromatic N) is 4. The van der Waals surface area contributed by atoms with Gasteiger partial charge in [0.25, 0.3) is 0 Å². The molecule has 1 saturated heterocycles. The Bertz CT molecular complexity index is 1380. The predicted molar refractivity (Wildman–Crippen MR) is 155 cm³/mol. The van der Waals surface area contributed by atoms with E-state index in [1.165, 1.54) is 15.0 Å². The van der Waals surface area contributed by atoms with Gasteiger partial charge in [0.2, 0.25) is 11.8 Å². The lowest BCUT2D eigenvalue weighted by atomic mass is 10.0. The van der Waals surface area contributed by atoms with Gasteiger partial charge in [0.1, 0.15) is 5.82 Å². The molecule has 10 heteroatoms. The van der Waals surface area contributed by atoms with Crippen LogP contribution in [0, 0.1) is 5.92 Å². The van der Waals surface area contributed by atoms with Crippen molar-refractivity contribution in [2.75, 3.05) is 49.1 Å². The van der Waals surface area contributed by atoms with Gasteiger partial charge < -0.3 is 9.64 Å². The minimum absolute atomic E-state index is 0.0531. The number of ether oxygens (including phenoxy) is 1. The van der Waals surface area contributed by atoms with Crippen molar-refractivity contribution in [3.05, 3.63) is 52.5 Å². The molecule has 0 unspecified atom stereocenters. The monoisotopic (exact) mass is 568 g/mol. The van der Waals surface area contributed by atoms with Gasteiger partial charge in [-0.2, -0.15) is 4.37 Å². The summed E-state index contributed by atoms with van der Waals surface area (Å²) in [5.41, 5.74) is 2.30. The Kier molecular flexibility index (Phi) is 8.49. The third-order valence-electron chi connectivity index (χ3n) is 7.18. The Morgan fingerprint density at radius 1 is 1.10 bits per heavy atom. The molecule has 0 spiro atoms. The second-order valence-electron chi connectivity index (χ2n) is 10.5. The Morgan fingerprint density at radius 2 is 1.87 bits per heavy atom. The number of amides is 2. The van der Waals surface area contributed by atoms with Crippen molar-refractivity contribution >= 4 is 62.5 Å². The van der Waals surface area contributed by atoms with E-state index in [0.29, 0.717) is 17.3 Å². The van der Waals surface area contributed by atoms with Crippen LogP contribution in [-0.4, -0.2) is 66.4 Å². The average molecular weight is 569 g/mol. The first-order valence-electron chi connectivity index (χ1n) is 13.4. The van der Waals surface area contributed by atoms with Crippen LogP contribution in [0.3, 0.4) is 0 Å². The highest BCUT2D eigenvalue weighted by molar-refractivity contribution is 7.13. The molecule has 0 radical (unpaired) electrons. The molecular weight excluding hydrogens is 536 g/mol. The van der Waals surface area contributed by atoms with Crippen molar-refractivity contribution in [2.24, 2.45) is 5.92 Å². The molecule has 2 aromatic carbocycles. The maximum atomic E-state index is 12.8. The van der Waals surface area contributed by atoms with E-state index in [9.17, 15) is 14.4 Å². The van der Waals surface area contributed by atoms with Gasteiger partial charge in [-0.3, -0.25) is 19.3 Å². The number of hydrogen-bond acceptors (Lipinski definition) is 8. The Hall–Kier alpha value is -3.01. The van der Waals surface area contributed by atoms with Crippen LogP contribution in [0.2, 0.25) is 5.02 Å². The van der Waals surface area contributed by atoms with Crippen LogP contribution < -0.4 is 9.80 Å². The summed E-state index contributed by atoms with van der Waals surface area (Å²) >= 11 is 8.18. The van der Waals surface area contributed by atoms with Crippen LogP contribution in [0.4, 0.5) is 11.5 Å². The molecule has 3 heterocycles. The third kappa shape index (κ3) is 6.26. The number of carbonyl (C=O) groups excluding carboxylic acids is 3. The van der Waals surface area contributed by atoms with Gasteiger partial charge in [0.05, 0.1) is 29.8 Å². The number of fused-ring (bicyclic) bond motifs is 2. The fraction of sp³-hybridized carbons (Fsp3) is 0.448. The maximum Gasteiger partial charge on any atom is 0.306 e. The minimum atomic E-state index is -0.432. The Balaban J connectivity index is 1.15. The molecule has 2 aliphatic rings. The number of esters is 1. The molecule has 39 heavy (non-hydrogen) atoms. The SMILES string of the molecule is CC(C)COC(=O)CCC(=O)N1C(=O)Cc2cc(CCN3CCN(c4nsc5ccccc45)CC3)c(Cl)cc21. The highest BCUT2D eigenvalue weighted by Gasteiger charge is 2.33.